The number of hydrogen-bond acceptors (Lipinski definition) is 2. The van der Waals surface area contributed by atoms with Crippen LogP contribution < -0.4 is 4.74 Å². The van der Waals surface area contributed by atoms with E-state index in [1.165, 1.54) is 0 Å². The highest BCUT2D eigenvalue weighted by Gasteiger charge is 2.06. The van der Waals surface area contributed by atoms with Gasteiger partial charge in [0.1, 0.15) is 5.75 Å². The minimum absolute atomic E-state index is 0.0255. The number of ether oxygens (including phenoxy) is 1. The molecule has 0 aromatic heterocycles. The third kappa shape index (κ3) is 4.37. The van der Waals surface area contributed by atoms with E-state index in [9.17, 15) is 4.79 Å². The van der Waals surface area contributed by atoms with E-state index in [0.29, 0.717) is 23.6 Å². The second-order valence-corrected chi connectivity index (χ2v) is 5.34. The van der Waals surface area contributed by atoms with Gasteiger partial charge in [0.2, 0.25) is 0 Å². The van der Waals surface area contributed by atoms with Crippen molar-refractivity contribution in [3.8, 4) is 5.75 Å². The Labute approximate surface area is 125 Å². The molecule has 0 aliphatic heterocycles. The van der Waals surface area contributed by atoms with Crippen LogP contribution in [-0.4, -0.2) is 12.4 Å². The quantitative estimate of drug-likeness (QED) is 0.735. The normalized spacial score (nSPS) is 10.2. The molecule has 0 fully saturated rings. The maximum atomic E-state index is 11.9. The highest BCUT2D eigenvalue weighted by Crippen LogP contribution is 2.18. The van der Waals surface area contributed by atoms with Crippen molar-refractivity contribution in [3.05, 3.63) is 63.6 Å². The van der Waals surface area contributed by atoms with Gasteiger partial charge in [0, 0.05) is 21.5 Å². The Morgan fingerprint density at radius 3 is 2.68 bits per heavy atom. The molecule has 0 saturated heterocycles. The van der Waals surface area contributed by atoms with Crippen molar-refractivity contribution in [1.29, 1.82) is 0 Å². The fraction of sp³-hybridized carbons (Fsp3) is 0.133. The molecule has 0 atom stereocenters. The summed E-state index contributed by atoms with van der Waals surface area (Å²) in [5, 5.41) is 0.568. The van der Waals surface area contributed by atoms with Crippen LogP contribution in [-0.2, 0) is 0 Å². The summed E-state index contributed by atoms with van der Waals surface area (Å²) in [5.41, 5.74) is 0.616. The largest absolute Gasteiger partial charge is 0.493 e. The summed E-state index contributed by atoms with van der Waals surface area (Å²) in [7, 11) is 0. The highest BCUT2D eigenvalue weighted by molar-refractivity contribution is 9.10. The first-order chi connectivity index (χ1) is 9.15. The van der Waals surface area contributed by atoms with E-state index in [-0.39, 0.29) is 5.78 Å². The van der Waals surface area contributed by atoms with Gasteiger partial charge in [0.05, 0.1) is 6.61 Å². The van der Waals surface area contributed by atoms with Crippen molar-refractivity contribution in [2.45, 2.75) is 6.42 Å². The smallest absolute Gasteiger partial charge is 0.166 e. The summed E-state index contributed by atoms with van der Waals surface area (Å²) in [4.78, 5) is 11.9. The monoisotopic (exact) mass is 338 g/mol. The minimum Gasteiger partial charge on any atom is -0.493 e. The predicted molar refractivity (Wildman–Crippen MR) is 80.0 cm³/mol. The molecule has 0 aliphatic rings. The van der Waals surface area contributed by atoms with E-state index in [1.807, 2.05) is 24.3 Å². The van der Waals surface area contributed by atoms with Gasteiger partial charge in [-0.1, -0.05) is 45.7 Å². The molecule has 0 spiro atoms. The zero-order valence-corrected chi connectivity index (χ0v) is 12.4. The number of benzene rings is 2. The lowest BCUT2D eigenvalue weighted by Gasteiger charge is -2.06. The van der Waals surface area contributed by atoms with Crippen molar-refractivity contribution < 1.29 is 9.53 Å². The van der Waals surface area contributed by atoms with Gasteiger partial charge < -0.3 is 4.74 Å². The van der Waals surface area contributed by atoms with Crippen LogP contribution in [0.5, 0.6) is 5.75 Å². The third-order valence-corrected chi connectivity index (χ3v) is 3.27. The van der Waals surface area contributed by atoms with Gasteiger partial charge >= 0.3 is 0 Å². The fourth-order valence-corrected chi connectivity index (χ4v) is 2.19. The molecular weight excluding hydrogens is 328 g/mol. The Morgan fingerprint density at radius 1 is 1.16 bits per heavy atom. The van der Waals surface area contributed by atoms with Crippen LogP contribution in [0, 0.1) is 0 Å². The summed E-state index contributed by atoms with van der Waals surface area (Å²) in [5.74, 6) is 0.769. The van der Waals surface area contributed by atoms with Crippen molar-refractivity contribution in [2.24, 2.45) is 0 Å². The van der Waals surface area contributed by atoms with Crippen molar-refractivity contribution in [3.63, 3.8) is 0 Å². The Balaban J connectivity index is 1.87. The average Bonchev–Trinajstić information content (AvgIpc) is 2.38. The first-order valence-corrected chi connectivity index (χ1v) is 6.99. The molecule has 2 aromatic rings. The Kier molecular flexibility index (Phi) is 5.00. The summed E-state index contributed by atoms with van der Waals surface area (Å²) in [6.07, 6.45) is 0.326. The summed E-state index contributed by atoms with van der Waals surface area (Å²) < 4.78 is 6.48. The van der Waals surface area contributed by atoms with Gasteiger partial charge in [-0.3, -0.25) is 4.79 Å². The van der Waals surface area contributed by atoms with Crippen molar-refractivity contribution in [2.75, 3.05) is 6.61 Å². The minimum atomic E-state index is 0.0255. The van der Waals surface area contributed by atoms with E-state index in [2.05, 4.69) is 15.9 Å². The molecule has 2 rings (SSSR count). The molecular formula is C15H12BrClO2. The zero-order valence-electron chi connectivity index (χ0n) is 10.1. The molecule has 0 bridgehead atoms. The van der Waals surface area contributed by atoms with Crippen LogP contribution in [0.1, 0.15) is 16.8 Å². The van der Waals surface area contributed by atoms with Crippen molar-refractivity contribution in [1.82, 2.24) is 0 Å². The molecule has 2 aromatic carbocycles. The van der Waals surface area contributed by atoms with Crippen LogP contribution in [0.25, 0.3) is 0 Å². The lowest BCUT2D eigenvalue weighted by molar-refractivity contribution is 0.0962. The Hall–Kier alpha value is -1.32. The molecule has 98 valence electrons. The Morgan fingerprint density at radius 2 is 1.95 bits per heavy atom. The van der Waals surface area contributed by atoms with Crippen LogP contribution in [0.4, 0.5) is 0 Å². The third-order valence-electron chi connectivity index (χ3n) is 2.54. The number of hydrogen-bond donors (Lipinski definition) is 0. The SMILES string of the molecule is O=C(CCOc1cccc(Br)c1)c1cccc(Cl)c1. The standard InChI is InChI=1S/C15H12BrClO2/c16-12-4-2-6-14(10-12)19-8-7-15(18)11-3-1-5-13(17)9-11/h1-6,9-10H,7-8H2. The second kappa shape index (κ2) is 6.73. The van der Waals surface area contributed by atoms with E-state index in [4.69, 9.17) is 16.3 Å². The van der Waals surface area contributed by atoms with E-state index < -0.39 is 0 Å². The number of ketones is 1. The fourth-order valence-electron chi connectivity index (χ4n) is 1.62. The van der Waals surface area contributed by atoms with E-state index in [0.717, 1.165) is 10.2 Å². The molecule has 4 heteroatoms. The average molecular weight is 340 g/mol. The lowest BCUT2D eigenvalue weighted by Crippen LogP contribution is -2.06. The van der Waals surface area contributed by atoms with Crippen LogP contribution in [0.15, 0.2) is 53.0 Å². The summed E-state index contributed by atoms with van der Waals surface area (Å²) in [6.45, 7) is 0.349. The number of carbonyl (C=O) groups is 1. The molecule has 0 N–H and O–H groups in total. The van der Waals surface area contributed by atoms with Gasteiger partial charge in [0.15, 0.2) is 5.78 Å². The van der Waals surface area contributed by atoms with Gasteiger partial charge in [-0.25, -0.2) is 0 Å². The molecule has 0 amide bonds. The molecule has 0 aliphatic carbocycles. The molecule has 0 unspecified atom stereocenters. The Bertz CT molecular complexity index is 584. The highest BCUT2D eigenvalue weighted by atomic mass is 79.9. The van der Waals surface area contributed by atoms with Crippen LogP contribution in [0.3, 0.4) is 0 Å². The van der Waals surface area contributed by atoms with Gasteiger partial charge in [-0.2, -0.15) is 0 Å². The van der Waals surface area contributed by atoms with Crippen molar-refractivity contribution >= 4 is 33.3 Å². The first kappa shape index (κ1) is 14.1. The molecule has 0 radical (unpaired) electrons. The van der Waals surface area contributed by atoms with Crippen LogP contribution >= 0.6 is 27.5 Å². The molecule has 0 saturated carbocycles. The van der Waals surface area contributed by atoms with Gasteiger partial charge in [-0.15, -0.1) is 0 Å². The molecule has 19 heavy (non-hydrogen) atoms. The van der Waals surface area contributed by atoms with E-state index in [1.54, 1.807) is 24.3 Å². The summed E-state index contributed by atoms with van der Waals surface area (Å²) in [6, 6.07) is 14.5. The molecule has 2 nitrogen and oxygen atoms in total. The topological polar surface area (TPSA) is 26.3 Å². The van der Waals surface area contributed by atoms with Crippen LogP contribution in [0.2, 0.25) is 5.02 Å². The number of rotatable bonds is 5. The number of halogens is 2. The first-order valence-electron chi connectivity index (χ1n) is 5.82. The number of carbonyl (C=O) groups excluding carboxylic acids is 1. The number of Topliss-reactive ketones (excluding diaryl/α,β-unsaturated/α-hetero) is 1. The van der Waals surface area contributed by atoms with Gasteiger partial charge in [-0.05, 0) is 30.3 Å². The lowest BCUT2D eigenvalue weighted by atomic mass is 10.1. The maximum Gasteiger partial charge on any atom is 0.166 e. The molecule has 0 heterocycles. The second-order valence-electron chi connectivity index (χ2n) is 3.99. The summed E-state index contributed by atoms with van der Waals surface area (Å²) >= 11 is 9.21. The maximum absolute atomic E-state index is 11.9. The zero-order chi connectivity index (χ0) is 13.7. The van der Waals surface area contributed by atoms with Gasteiger partial charge in [0.25, 0.3) is 0 Å². The van der Waals surface area contributed by atoms with E-state index >= 15 is 0 Å². The predicted octanol–water partition coefficient (Wildman–Crippen LogP) is 4.75.